The number of aliphatic hydroxyl groups excluding tert-OH is 1. The molecule has 3 aromatic carbocycles. The van der Waals surface area contributed by atoms with E-state index in [1.807, 2.05) is 36.4 Å². The van der Waals surface area contributed by atoms with Crippen LogP contribution < -0.4 is 5.32 Å². The molecule has 3 saturated carbocycles. The Labute approximate surface area is 217 Å². The summed E-state index contributed by atoms with van der Waals surface area (Å²) in [5.74, 6) is 1.10. The molecule has 5 heteroatoms. The Hall–Kier alpha value is -3.44. The summed E-state index contributed by atoms with van der Waals surface area (Å²) in [5.41, 5.74) is 6.48. The summed E-state index contributed by atoms with van der Waals surface area (Å²) in [7, 11) is 0. The monoisotopic (exact) mass is 491 g/mol. The number of nitrogens with one attached hydrogen (secondary N) is 2. The smallest absolute Gasteiger partial charge is 0.232 e. The largest absolute Gasteiger partial charge is 0.393 e. The van der Waals surface area contributed by atoms with Crippen LogP contribution >= 0.6 is 0 Å². The number of rotatable bonds is 6. The number of amides is 1. The van der Waals surface area contributed by atoms with Crippen LogP contribution in [0.2, 0.25) is 0 Å². The van der Waals surface area contributed by atoms with Crippen molar-refractivity contribution in [3.8, 4) is 11.3 Å². The lowest BCUT2D eigenvalue weighted by atomic mass is 9.88. The third-order valence-corrected chi connectivity index (χ3v) is 9.10. The summed E-state index contributed by atoms with van der Waals surface area (Å²) in [4.78, 5) is 13.3. The Balaban J connectivity index is 1.14. The minimum absolute atomic E-state index is 0.0641. The first-order valence-electron chi connectivity index (χ1n) is 13.7. The molecule has 5 nitrogen and oxygen atoms in total. The molecular formula is C32H33N3O2. The number of aliphatic hydroxyl groups is 1. The van der Waals surface area contributed by atoms with Gasteiger partial charge in [0.1, 0.15) is 0 Å². The van der Waals surface area contributed by atoms with E-state index >= 15 is 0 Å². The normalized spacial score (nSPS) is 25.8. The first kappa shape index (κ1) is 22.7. The average molecular weight is 492 g/mol. The van der Waals surface area contributed by atoms with Gasteiger partial charge in [-0.3, -0.25) is 9.89 Å². The summed E-state index contributed by atoms with van der Waals surface area (Å²) < 4.78 is 0. The minimum Gasteiger partial charge on any atom is -0.393 e. The maximum Gasteiger partial charge on any atom is 0.232 e. The van der Waals surface area contributed by atoms with E-state index in [0.29, 0.717) is 11.8 Å². The number of carbonyl (C=O) groups is 1. The Morgan fingerprint density at radius 3 is 2.57 bits per heavy atom. The van der Waals surface area contributed by atoms with Crippen LogP contribution in [0.15, 0.2) is 72.8 Å². The Bertz CT molecular complexity index is 1440. The number of H-pyrrole nitrogens is 1. The van der Waals surface area contributed by atoms with Gasteiger partial charge >= 0.3 is 0 Å². The molecule has 3 aliphatic carbocycles. The van der Waals surface area contributed by atoms with E-state index in [-0.39, 0.29) is 23.3 Å². The molecule has 1 heterocycles. The highest BCUT2D eigenvalue weighted by Gasteiger charge is 2.55. The standard InChI is InChI=1S/C32H33N3O2/c36-26-14-12-24-19-32(24,17-16-26)23-10-8-22(9-11-23)30-27-18-25(13-15-28(27)34-35-30)33-31(37)29(21-6-7-21)20-4-2-1-3-5-20/h1-5,8-11,13,15,18,21,24,26,29,36H,6-7,12,14,16-17,19H2,(H,33,37)(H,34,35). The van der Waals surface area contributed by atoms with Gasteiger partial charge in [-0.15, -0.1) is 0 Å². The summed E-state index contributed by atoms with van der Waals surface area (Å²) in [6, 6.07) is 25.0. The lowest BCUT2D eigenvalue weighted by Crippen LogP contribution is -2.22. The fourth-order valence-electron chi connectivity index (χ4n) is 6.74. The van der Waals surface area contributed by atoms with E-state index in [2.05, 4.69) is 51.9 Å². The predicted octanol–water partition coefficient (Wildman–Crippen LogP) is 6.55. The molecule has 188 valence electrons. The number of hydrogen-bond donors (Lipinski definition) is 3. The van der Waals surface area contributed by atoms with Crippen LogP contribution in [0.3, 0.4) is 0 Å². The first-order valence-corrected chi connectivity index (χ1v) is 13.7. The van der Waals surface area contributed by atoms with Gasteiger partial charge in [0, 0.05) is 16.6 Å². The highest BCUT2D eigenvalue weighted by molar-refractivity contribution is 6.00. The van der Waals surface area contributed by atoms with Gasteiger partial charge in [0.15, 0.2) is 0 Å². The fraction of sp³-hybridized carbons (Fsp3) is 0.375. The van der Waals surface area contributed by atoms with Crippen molar-refractivity contribution in [2.45, 2.75) is 62.4 Å². The second-order valence-electron chi connectivity index (χ2n) is 11.5. The van der Waals surface area contributed by atoms with Crippen LogP contribution in [0, 0.1) is 11.8 Å². The van der Waals surface area contributed by atoms with E-state index in [4.69, 9.17) is 0 Å². The zero-order valence-electron chi connectivity index (χ0n) is 21.0. The SMILES string of the molecule is O=C(Nc1ccc2[nH]nc(-c3ccc(C45CCC(O)CCC4C5)cc3)c2c1)C(c1ccccc1)C1CC1. The number of benzene rings is 3. The third kappa shape index (κ3) is 4.15. The van der Waals surface area contributed by atoms with Crippen molar-refractivity contribution in [2.24, 2.45) is 11.8 Å². The van der Waals surface area contributed by atoms with Crippen molar-refractivity contribution in [1.82, 2.24) is 10.2 Å². The molecule has 4 unspecified atom stereocenters. The molecule has 4 aromatic rings. The highest BCUT2D eigenvalue weighted by atomic mass is 16.3. The maximum atomic E-state index is 13.3. The molecule has 3 fully saturated rings. The fourth-order valence-corrected chi connectivity index (χ4v) is 6.74. The molecule has 1 amide bonds. The van der Waals surface area contributed by atoms with Gasteiger partial charge in [0.05, 0.1) is 23.2 Å². The molecule has 7 rings (SSSR count). The molecule has 0 saturated heterocycles. The molecule has 0 radical (unpaired) electrons. The first-order chi connectivity index (χ1) is 18.1. The molecule has 37 heavy (non-hydrogen) atoms. The third-order valence-electron chi connectivity index (χ3n) is 9.10. The molecular weight excluding hydrogens is 458 g/mol. The van der Waals surface area contributed by atoms with E-state index in [1.165, 1.54) is 12.0 Å². The van der Waals surface area contributed by atoms with Gasteiger partial charge in [-0.1, -0.05) is 54.6 Å². The molecule has 0 spiro atoms. The van der Waals surface area contributed by atoms with Crippen LogP contribution in [-0.2, 0) is 10.2 Å². The molecule has 4 atom stereocenters. The van der Waals surface area contributed by atoms with Crippen molar-refractivity contribution in [3.63, 3.8) is 0 Å². The lowest BCUT2D eigenvalue weighted by Gasteiger charge is -2.17. The number of nitrogens with zero attached hydrogens (tertiary/aromatic N) is 1. The van der Waals surface area contributed by atoms with Gasteiger partial charge in [0.2, 0.25) is 5.91 Å². The number of fused-ring (bicyclic) bond motifs is 2. The van der Waals surface area contributed by atoms with Crippen LogP contribution in [0.25, 0.3) is 22.2 Å². The van der Waals surface area contributed by atoms with Crippen molar-refractivity contribution in [2.75, 3.05) is 5.32 Å². The van der Waals surface area contributed by atoms with Crippen LogP contribution in [0.5, 0.6) is 0 Å². The van der Waals surface area contributed by atoms with Crippen molar-refractivity contribution in [1.29, 1.82) is 0 Å². The van der Waals surface area contributed by atoms with E-state index in [0.717, 1.165) is 71.9 Å². The summed E-state index contributed by atoms with van der Waals surface area (Å²) in [5, 5.41) is 22.1. The number of aromatic amines is 1. The molecule has 1 aromatic heterocycles. The van der Waals surface area contributed by atoms with Crippen LogP contribution in [0.4, 0.5) is 5.69 Å². The summed E-state index contributed by atoms with van der Waals surface area (Å²) in [6.45, 7) is 0. The molecule has 3 N–H and O–H groups in total. The summed E-state index contributed by atoms with van der Waals surface area (Å²) >= 11 is 0. The van der Waals surface area contributed by atoms with E-state index in [1.54, 1.807) is 0 Å². The van der Waals surface area contributed by atoms with Gasteiger partial charge in [0.25, 0.3) is 0 Å². The lowest BCUT2D eigenvalue weighted by molar-refractivity contribution is -0.118. The number of carbonyl (C=O) groups excluding carboxylic acids is 1. The average Bonchev–Trinajstić information content (AvgIpc) is 3.84. The zero-order chi connectivity index (χ0) is 25.0. The van der Waals surface area contributed by atoms with Crippen molar-refractivity contribution < 1.29 is 9.90 Å². The van der Waals surface area contributed by atoms with E-state index in [9.17, 15) is 9.90 Å². The van der Waals surface area contributed by atoms with Gasteiger partial charge in [-0.05, 0) is 91.5 Å². The molecule has 3 aliphatic rings. The zero-order valence-corrected chi connectivity index (χ0v) is 21.0. The number of anilines is 1. The topological polar surface area (TPSA) is 78.0 Å². The van der Waals surface area contributed by atoms with Gasteiger partial charge in [-0.2, -0.15) is 5.10 Å². The quantitative estimate of drug-likeness (QED) is 0.286. The van der Waals surface area contributed by atoms with Crippen molar-refractivity contribution in [3.05, 3.63) is 83.9 Å². The maximum absolute atomic E-state index is 13.3. The highest BCUT2D eigenvalue weighted by Crippen LogP contribution is 2.61. The van der Waals surface area contributed by atoms with Crippen LogP contribution in [-0.4, -0.2) is 27.3 Å². The van der Waals surface area contributed by atoms with Gasteiger partial charge < -0.3 is 10.4 Å². The predicted molar refractivity (Wildman–Crippen MR) is 146 cm³/mol. The Morgan fingerprint density at radius 1 is 0.973 bits per heavy atom. The van der Waals surface area contributed by atoms with Crippen molar-refractivity contribution >= 4 is 22.5 Å². The second-order valence-corrected chi connectivity index (χ2v) is 11.5. The van der Waals surface area contributed by atoms with E-state index < -0.39 is 0 Å². The van der Waals surface area contributed by atoms with Gasteiger partial charge in [-0.25, -0.2) is 0 Å². The molecule has 0 bridgehead atoms. The number of aromatic nitrogens is 2. The second kappa shape index (κ2) is 8.84. The Morgan fingerprint density at radius 2 is 1.78 bits per heavy atom. The van der Waals surface area contributed by atoms with Crippen LogP contribution in [0.1, 0.15) is 62.0 Å². The number of hydrogen-bond acceptors (Lipinski definition) is 3. The minimum atomic E-state index is -0.138. The molecule has 0 aliphatic heterocycles. The Kier molecular flexibility index (Phi) is 5.43. The summed E-state index contributed by atoms with van der Waals surface area (Å²) in [6.07, 6.45) is 7.38.